The van der Waals surface area contributed by atoms with Gasteiger partial charge in [0.1, 0.15) is 0 Å². The first kappa shape index (κ1) is 12.9. The molecule has 1 aliphatic carbocycles. The monoisotopic (exact) mass is 235 g/mol. The average Bonchev–Trinajstić information content (AvgIpc) is 2.82. The van der Waals surface area contributed by atoms with Gasteiger partial charge in [-0.15, -0.1) is 0 Å². The SMILES string of the molecule is CNCCCN(C)S(=O)(=O)NC1(C)CC1. The Bertz CT molecular complexity index is 298. The molecule has 15 heavy (non-hydrogen) atoms. The van der Waals surface area contributed by atoms with Crippen molar-refractivity contribution in [2.75, 3.05) is 27.2 Å². The number of nitrogens with one attached hydrogen (secondary N) is 2. The van der Waals surface area contributed by atoms with Gasteiger partial charge in [-0.1, -0.05) is 0 Å². The van der Waals surface area contributed by atoms with E-state index in [1.54, 1.807) is 7.05 Å². The van der Waals surface area contributed by atoms with E-state index < -0.39 is 10.2 Å². The highest BCUT2D eigenvalue weighted by atomic mass is 32.2. The third kappa shape index (κ3) is 4.06. The van der Waals surface area contributed by atoms with Crippen molar-refractivity contribution >= 4 is 10.2 Å². The molecule has 0 aromatic heterocycles. The quantitative estimate of drug-likeness (QED) is 0.607. The molecular formula is C9H21N3O2S. The zero-order chi connectivity index (χ0) is 11.5. The van der Waals surface area contributed by atoms with Gasteiger partial charge in [0.25, 0.3) is 10.2 Å². The van der Waals surface area contributed by atoms with Crippen LogP contribution < -0.4 is 10.0 Å². The van der Waals surface area contributed by atoms with E-state index in [9.17, 15) is 8.42 Å². The fourth-order valence-electron chi connectivity index (χ4n) is 1.28. The van der Waals surface area contributed by atoms with Gasteiger partial charge in [0.05, 0.1) is 0 Å². The van der Waals surface area contributed by atoms with Crippen LogP contribution in [0, 0.1) is 0 Å². The van der Waals surface area contributed by atoms with Gasteiger partial charge >= 0.3 is 0 Å². The zero-order valence-corrected chi connectivity index (χ0v) is 10.5. The third-order valence-electron chi connectivity index (χ3n) is 2.69. The summed E-state index contributed by atoms with van der Waals surface area (Å²) in [7, 11) is 0.194. The number of rotatable bonds is 7. The van der Waals surface area contributed by atoms with Crippen molar-refractivity contribution in [1.82, 2.24) is 14.3 Å². The van der Waals surface area contributed by atoms with Crippen LogP contribution in [-0.4, -0.2) is 45.4 Å². The van der Waals surface area contributed by atoms with E-state index >= 15 is 0 Å². The van der Waals surface area contributed by atoms with Gasteiger partial charge in [-0.05, 0) is 39.8 Å². The second-order valence-corrected chi connectivity index (χ2v) is 6.22. The topological polar surface area (TPSA) is 61.4 Å². The highest BCUT2D eigenvalue weighted by Gasteiger charge is 2.41. The Balaban J connectivity index is 2.39. The minimum atomic E-state index is -3.28. The van der Waals surface area contributed by atoms with Crippen LogP contribution in [0.2, 0.25) is 0 Å². The lowest BCUT2D eigenvalue weighted by Crippen LogP contribution is -2.44. The predicted molar refractivity (Wildman–Crippen MR) is 60.9 cm³/mol. The molecular weight excluding hydrogens is 214 g/mol. The molecule has 1 saturated carbocycles. The Morgan fingerprint density at radius 1 is 1.40 bits per heavy atom. The van der Waals surface area contributed by atoms with E-state index in [0.29, 0.717) is 6.54 Å². The van der Waals surface area contributed by atoms with E-state index in [-0.39, 0.29) is 5.54 Å². The molecule has 0 radical (unpaired) electrons. The molecule has 0 heterocycles. The number of hydrogen-bond acceptors (Lipinski definition) is 3. The predicted octanol–water partition coefficient (Wildman–Crippen LogP) is -0.0854. The summed E-state index contributed by atoms with van der Waals surface area (Å²) in [5.41, 5.74) is -0.184. The van der Waals surface area contributed by atoms with Crippen LogP contribution in [0.4, 0.5) is 0 Å². The molecule has 0 saturated heterocycles. The molecule has 0 bridgehead atoms. The van der Waals surface area contributed by atoms with Crippen molar-refractivity contribution in [3.05, 3.63) is 0 Å². The maximum absolute atomic E-state index is 11.8. The van der Waals surface area contributed by atoms with Crippen molar-refractivity contribution in [2.24, 2.45) is 0 Å². The van der Waals surface area contributed by atoms with Gasteiger partial charge in [0.15, 0.2) is 0 Å². The summed E-state index contributed by atoms with van der Waals surface area (Å²) in [6.45, 7) is 3.31. The lowest BCUT2D eigenvalue weighted by atomic mass is 10.4. The molecule has 0 atom stereocenters. The average molecular weight is 235 g/mol. The number of hydrogen-bond donors (Lipinski definition) is 2. The summed E-state index contributed by atoms with van der Waals surface area (Å²) in [6.07, 6.45) is 2.71. The highest BCUT2D eigenvalue weighted by molar-refractivity contribution is 7.87. The maximum Gasteiger partial charge on any atom is 0.279 e. The van der Waals surface area contributed by atoms with Gasteiger partial charge in [-0.2, -0.15) is 17.4 Å². The van der Waals surface area contributed by atoms with Crippen LogP contribution in [0.3, 0.4) is 0 Å². The number of nitrogens with zero attached hydrogens (tertiary/aromatic N) is 1. The molecule has 1 fully saturated rings. The van der Waals surface area contributed by atoms with Crippen LogP contribution in [0.25, 0.3) is 0 Å². The normalized spacial score (nSPS) is 19.5. The third-order valence-corrected chi connectivity index (χ3v) is 4.44. The summed E-state index contributed by atoms with van der Waals surface area (Å²) in [4.78, 5) is 0. The minimum Gasteiger partial charge on any atom is -0.320 e. The van der Waals surface area contributed by atoms with Crippen LogP contribution in [0.1, 0.15) is 26.2 Å². The summed E-state index contributed by atoms with van der Waals surface area (Å²) in [5, 5.41) is 2.99. The van der Waals surface area contributed by atoms with Crippen LogP contribution in [0.5, 0.6) is 0 Å². The van der Waals surface area contributed by atoms with Crippen molar-refractivity contribution in [1.29, 1.82) is 0 Å². The van der Waals surface area contributed by atoms with E-state index in [4.69, 9.17) is 0 Å². The molecule has 0 aromatic rings. The van der Waals surface area contributed by atoms with Gasteiger partial charge < -0.3 is 5.32 Å². The van der Waals surface area contributed by atoms with Gasteiger partial charge in [-0.3, -0.25) is 0 Å². The Hall–Kier alpha value is -0.170. The second-order valence-electron chi connectivity index (χ2n) is 4.45. The van der Waals surface area contributed by atoms with E-state index in [1.165, 1.54) is 4.31 Å². The lowest BCUT2D eigenvalue weighted by Gasteiger charge is -2.20. The molecule has 5 nitrogen and oxygen atoms in total. The largest absolute Gasteiger partial charge is 0.320 e. The first-order valence-corrected chi connectivity index (χ1v) is 6.73. The van der Waals surface area contributed by atoms with Crippen molar-refractivity contribution < 1.29 is 8.42 Å². The summed E-state index contributed by atoms with van der Waals surface area (Å²) in [6, 6.07) is 0. The Morgan fingerprint density at radius 3 is 2.47 bits per heavy atom. The van der Waals surface area contributed by atoms with Gasteiger partial charge in [0, 0.05) is 19.1 Å². The minimum absolute atomic E-state index is 0.184. The summed E-state index contributed by atoms with van der Waals surface area (Å²) >= 11 is 0. The Labute approximate surface area is 92.4 Å². The van der Waals surface area contributed by atoms with Crippen molar-refractivity contribution in [3.8, 4) is 0 Å². The molecule has 0 spiro atoms. The summed E-state index contributed by atoms with van der Waals surface area (Å²) in [5.74, 6) is 0. The standard InChI is InChI=1S/C9H21N3O2S/c1-9(5-6-9)11-15(13,14)12(3)8-4-7-10-2/h10-11H,4-8H2,1-3H3. The van der Waals surface area contributed by atoms with Gasteiger partial charge in [0.2, 0.25) is 0 Å². The van der Waals surface area contributed by atoms with Crippen LogP contribution in [-0.2, 0) is 10.2 Å². The molecule has 0 unspecified atom stereocenters. The molecule has 0 aromatic carbocycles. The Kier molecular flexibility index (Phi) is 4.11. The molecule has 1 rings (SSSR count). The smallest absolute Gasteiger partial charge is 0.279 e. The molecule has 2 N–H and O–H groups in total. The molecule has 6 heteroatoms. The first-order valence-electron chi connectivity index (χ1n) is 5.29. The lowest BCUT2D eigenvalue weighted by molar-refractivity contribution is 0.438. The maximum atomic E-state index is 11.8. The van der Waals surface area contributed by atoms with E-state index in [1.807, 2.05) is 14.0 Å². The molecule has 90 valence electrons. The molecule has 1 aliphatic rings. The van der Waals surface area contributed by atoms with Crippen LogP contribution >= 0.6 is 0 Å². The second kappa shape index (κ2) is 4.78. The molecule has 0 amide bonds. The first-order chi connectivity index (χ1) is 6.90. The molecule has 0 aliphatic heterocycles. The fraction of sp³-hybridized carbons (Fsp3) is 1.00. The van der Waals surface area contributed by atoms with Crippen molar-refractivity contribution in [2.45, 2.75) is 31.7 Å². The van der Waals surface area contributed by atoms with Crippen LogP contribution in [0.15, 0.2) is 0 Å². The summed E-state index contributed by atoms with van der Waals surface area (Å²) < 4.78 is 27.6. The fourth-order valence-corrected chi connectivity index (χ4v) is 2.63. The zero-order valence-electron chi connectivity index (χ0n) is 9.71. The van der Waals surface area contributed by atoms with Gasteiger partial charge in [-0.25, -0.2) is 0 Å². The van der Waals surface area contributed by atoms with Crippen molar-refractivity contribution in [3.63, 3.8) is 0 Å². The van der Waals surface area contributed by atoms with E-state index in [0.717, 1.165) is 25.8 Å². The Morgan fingerprint density at radius 2 is 2.00 bits per heavy atom. The highest BCUT2D eigenvalue weighted by Crippen LogP contribution is 2.35. The van der Waals surface area contributed by atoms with E-state index in [2.05, 4.69) is 10.0 Å².